The van der Waals surface area contributed by atoms with Gasteiger partial charge in [0.2, 0.25) is 0 Å². The maximum atomic E-state index is 12.8. The fraction of sp³-hybridized carbons (Fsp3) is 0.662. The van der Waals surface area contributed by atoms with Crippen LogP contribution in [0.3, 0.4) is 0 Å². The van der Waals surface area contributed by atoms with Crippen molar-refractivity contribution >= 4 is 17.9 Å². The molecule has 0 saturated carbocycles. The van der Waals surface area contributed by atoms with Gasteiger partial charge >= 0.3 is 17.9 Å². The molecule has 0 aliphatic heterocycles. The van der Waals surface area contributed by atoms with Gasteiger partial charge in [0.15, 0.2) is 6.10 Å². The van der Waals surface area contributed by atoms with E-state index in [-0.39, 0.29) is 31.1 Å². The largest absolute Gasteiger partial charge is 0.462 e. The van der Waals surface area contributed by atoms with Crippen LogP contribution >= 0.6 is 0 Å². The van der Waals surface area contributed by atoms with Crippen LogP contribution in [0.5, 0.6) is 0 Å². The summed E-state index contributed by atoms with van der Waals surface area (Å²) in [6.45, 7) is 6.45. The SMILES string of the molecule is CC/C=C\C/C=C\C/C=C\C/C=C\C/C=C\C/C=C\C/C=C\C/C=C\CCCCCCCCCCC(=O)OCC(COC(=O)CCCCCCCCCC)OC(=O)CCCCCCC/C=C\C/C=C\CCCCC. The monoisotopic (exact) mass is 1020 g/mol. The lowest BCUT2D eigenvalue weighted by molar-refractivity contribution is -0.167. The van der Waals surface area contributed by atoms with E-state index in [4.69, 9.17) is 14.2 Å². The zero-order valence-corrected chi connectivity index (χ0v) is 48.1. The minimum Gasteiger partial charge on any atom is -0.462 e. The van der Waals surface area contributed by atoms with Crippen LogP contribution in [-0.2, 0) is 28.6 Å². The van der Waals surface area contributed by atoms with Crippen LogP contribution in [0.2, 0.25) is 0 Å². The van der Waals surface area contributed by atoms with E-state index in [0.29, 0.717) is 19.3 Å². The Morgan fingerprint density at radius 1 is 0.284 bits per heavy atom. The van der Waals surface area contributed by atoms with Gasteiger partial charge in [-0.25, -0.2) is 0 Å². The summed E-state index contributed by atoms with van der Waals surface area (Å²) in [4.78, 5) is 38.0. The van der Waals surface area contributed by atoms with Gasteiger partial charge < -0.3 is 14.2 Å². The number of unbranched alkanes of at least 4 members (excludes halogenated alkanes) is 23. The predicted molar refractivity (Wildman–Crippen MR) is 320 cm³/mol. The second-order valence-electron chi connectivity index (χ2n) is 19.9. The zero-order chi connectivity index (χ0) is 53.6. The van der Waals surface area contributed by atoms with Crippen LogP contribution < -0.4 is 0 Å². The number of hydrogen-bond acceptors (Lipinski definition) is 6. The maximum absolute atomic E-state index is 12.8. The number of carbonyl (C=O) groups excluding carboxylic acids is 3. The Labute approximate surface area is 456 Å². The van der Waals surface area contributed by atoms with E-state index in [1.165, 1.54) is 89.9 Å². The second kappa shape index (κ2) is 61.4. The molecule has 0 saturated heterocycles. The first-order chi connectivity index (χ1) is 36.5. The molecular weight excluding hydrogens is 913 g/mol. The third kappa shape index (κ3) is 58.7. The smallest absolute Gasteiger partial charge is 0.306 e. The van der Waals surface area contributed by atoms with Gasteiger partial charge in [0.05, 0.1) is 0 Å². The summed E-state index contributed by atoms with van der Waals surface area (Å²) in [6.07, 6.45) is 85.0. The van der Waals surface area contributed by atoms with Gasteiger partial charge in [-0.2, -0.15) is 0 Å². The summed E-state index contributed by atoms with van der Waals surface area (Å²) in [7, 11) is 0. The van der Waals surface area contributed by atoms with Crippen LogP contribution in [0.15, 0.2) is 122 Å². The van der Waals surface area contributed by atoms with Gasteiger partial charge in [-0.05, 0) is 116 Å². The Morgan fingerprint density at radius 2 is 0.527 bits per heavy atom. The molecule has 0 N–H and O–H groups in total. The van der Waals surface area contributed by atoms with Crippen molar-refractivity contribution < 1.29 is 28.6 Å². The average Bonchev–Trinajstić information content (AvgIpc) is 3.40. The Balaban J connectivity index is 4.18. The standard InChI is InChI=1S/C68H112O6/c1-4-7-10-13-16-19-21-23-25-26-27-28-29-30-31-32-33-34-35-36-37-38-39-40-41-42-44-45-47-49-52-55-58-61-67(70)73-64-65(63-72-66(69)60-57-54-51-18-15-12-9-6-3)74-68(71)62-59-56-53-50-48-46-43-24-22-20-17-14-11-8-5-2/h7,10,16-17,19-20,23-25,27-28,30-31,33-34,36-37,39-40,43,65H,4-6,8-9,11-15,18,21-22,26,29,32,35,38,41-42,44-64H2,1-3H3/b10-7-,19-16-,20-17-,25-23-,28-27-,31-30-,34-33-,37-36-,40-39-,43-24-. The molecule has 0 fully saturated rings. The van der Waals surface area contributed by atoms with Crippen LogP contribution in [-0.4, -0.2) is 37.2 Å². The van der Waals surface area contributed by atoms with Crippen molar-refractivity contribution in [2.75, 3.05) is 13.2 Å². The molecule has 0 heterocycles. The number of esters is 3. The van der Waals surface area contributed by atoms with Gasteiger partial charge in [0.1, 0.15) is 13.2 Å². The van der Waals surface area contributed by atoms with Crippen molar-refractivity contribution in [3.63, 3.8) is 0 Å². The fourth-order valence-electron chi connectivity index (χ4n) is 8.13. The Kier molecular flexibility index (Phi) is 57.9. The lowest BCUT2D eigenvalue weighted by Crippen LogP contribution is -2.30. The van der Waals surface area contributed by atoms with Crippen LogP contribution in [0.1, 0.15) is 271 Å². The fourth-order valence-corrected chi connectivity index (χ4v) is 8.13. The topological polar surface area (TPSA) is 78.9 Å². The van der Waals surface area contributed by atoms with Crippen molar-refractivity contribution in [2.24, 2.45) is 0 Å². The van der Waals surface area contributed by atoms with E-state index < -0.39 is 6.10 Å². The number of carbonyl (C=O) groups is 3. The number of allylic oxidation sites excluding steroid dienone is 20. The zero-order valence-electron chi connectivity index (χ0n) is 48.1. The van der Waals surface area contributed by atoms with E-state index in [0.717, 1.165) is 141 Å². The summed E-state index contributed by atoms with van der Waals surface area (Å²) < 4.78 is 16.8. The molecular formula is C68H112O6. The lowest BCUT2D eigenvalue weighted by atomic mass is 10.1. The highest BCUT2D eigenvalue weighted by Gasteiger charge is 2.19. The molecule has 0 aromatic heterocycles. The van der Waals surface area contributed by atoms with Crippen molar-refractivity contribution in [3.05, 3.63) is 122 Å². The molecule has 0 rings (SSSR count). The van der Waals surface area contributed by atoms with E-state index in [1.807, 2.05) is 0 Å². The second-order valence-corrected chi connectivity index (χ2v) is 19.9. The number of rotatable bonds is 54. The lowest BCUT2D eigenvalue weighted by Gasteiger charge is -2.18. The van der Waals surface area contributed by atoms with Crippen molar-refractivity contribution in [3.8, 4) is 0 Å². The summed E-state index contributed by atoms with van der Waals surface area (Å²) >= 11 is 0. The molecule has 1 atom stereocenters. The molecule has 0 amide bonds. The quantitative estimate of drug-likeness (QED) is 0.0261. The summed E-state index contributed by atoms with van der Waals surface area (Å²) in [5, 5.41) is 0. The molecule has 6 heteroatoms. The van der Waals surface area contributed by atoms with Crippen molar-refractivity contribution in [1.82, 2.24) is 0 Å². The van der Waals surface area contributed by atoms with Crippen molar-refractivity contribution in [2.45, 2.75) is 277 Å². The number of hydrogen-bond donors (Lipinski definition) is 0. The molecule has 420 valence electrons. The third-order valence-corrected chi connectivity index (χ3v) is 12.7. The highest BCUT2D eigenvalue weighted by Crippen LogP contribution is 2.14. The normalized spacial score (nSPS) is 13.0. The molecule has 0 aliphatic carbocycles. The number of ether oxygens (including phenoxy) is 3. The van der Waals surface area contributed by atoms with Crippen molar-refractivity contribution in [1.29, 1.82) is 0 Å². The molecule has 0 spiro atoms. The molecule has 74 heavy (non-hydrogen) atoms. The Morgan fingerprint density at radius 3 is 0.851 bits per heavy atom. The minimum absolute atomic E-state index is 0.0863. The maximum Gasteiger partial charge on any atom is 0.306 e. The van der Waals surface area contributed by atoms with E-state index in [2.05, 4.69) is 142 Å². The molecule has 6 nitrogen and oxygen atoms in total. The molecule has 0 bridgehead atoms. The highest BCUT2D eigenvalue weighted by atomic mass is 16.6. The molecule has 0 aliphatic rings. The Bertz CT molecular complexity index is 1550. The van der Waals surface area contributed by atoms with E-state index >= 15 is 0 Å². The van der Waals surface area contributed by atoms with Gasteiger partial charge in [0.25, 0.3) is 0 Å². The summed E-state index contributed by atoms with van der Waals surface area (Å²) in [5.74, 6) is -0.913. The van der Waals surface area contributed by atoms with E-state index in [1.54, 1.807) is 0 Å². The first-order valence-corrected chi connectivity index (χ1v) is 30.5. The highest BCUT2D eigenvalue weighted by molar-refractivity contribution is 5.71. The Hall–Kier alpha value is -4.19. The summed E-state index contributed by atoms with van der Waals surface area (Å²) in [6, 6.07) is 0. The molecule has 1 unspecified atom stereocenters. The van der Waals surface area contributed by atoms with Gasteiger partial charge in [0, 0.05) is 19.3 Å². The van der Waals surface area contributed by atoms with Gasteiger partial charge in [-0.1, -0.05) is 258 Å². The first kappa shape index (κ1) is 69.8. The van der Waals surface area contributed by atoms with Crippen LogP contribution in [0.25, 0.3) is 0 Å². The van der Waals surface area contributed by atoms with Crippen LogP contribution in [0.4, 0.5) is 0 Å². The van der Waals surface area contributed by atoms with E-state index in [9.17, 15) is 14.4 Å². The third-order valence-electron chi connectivity index (χ3n) is 12.7. The predicted octanol–water partition coefficient (Wildman–Crippen LogP) is 20.8. The molecule has 0 radical (unpaired) electrons. The average molecular weight is 1030 g/mol. The summed E-state index contributed by atoms with van der Waals surface area (Å²) in [5.41, 5.74) is 0. The molecule has 0 aromatic carbocycles. The van der Waals surface area contributed by atoms with Gasteiger partial charge in [-0.3, -0.25) is 14.4 Å². The first-order valence-electron chi connectivity index (χ1n) is 30.5. The minimum atomic E-state index is -0.788. The van der Waals surface area contributed by atoms with Crippen LogP contribution in [0, 0.1) is 0 Å². The molecule has 0 aromatic rings. The van der Waals surface area contributed by atoms with Gasteiger partial charge in [-0.15, -0.1) is 0 Å².